The number of carbonyl (C=O) groups is 2. The van der Waals surface area contributed by atoms with E-state index in [4.69, 9.17) is 0 Å². The molecule has 3 rings (SSSR count). The second-order valence-corrected chi connectivity index (χ2v) is 7.27. The Morgan fingerprint density at radius 1 is 1.14 bits per heavy atom. The van der Waals surface area contributed by atoms with Crippen molar-refractivity contribution in [3.05, 3.63) is 63.5 Å². The molecule has 0 spiro atoms. The van der Waals surface area contributed by atoms with Crippen molar-refractivity contribution in [3.63, 3.8) is 0 Å². The Hall–Kier alpha value is -2.94. The third-order valence-corrected chi connectivity index (χ3v) is 5.27. The molecule has 0 radical (unpaired) electrons. The first-order valence-electron chi connectivity index (χ1n) is 8.15. The fourth-order valence-electron chi connectivity index (χ4n) is 2.67. The first-order chi connectivity index (χ1) is 13.1. The van der Waals surface area contributed by atoms with Gasteiger partial charge in [0.1, 0.15) is 6.54 Å². The van der Waals surface area contributed by atoms with E-state index in [-0.39, 0.29) is 10.4 Å². The summed E-state index contributed by atoms with van der Waals surface area (Å²) in [4.78, 5) is 27.7. The first kappa shape index (κ1) is 19.8. The number of carbonyl (C=O) groups excluding carboxylic acids is 1. The Bertz CT molecular complexity index is 1160. The quantitative estimate of drug-likeness (QED) is 0.707. The number of hydrogen-bond acceptors (Lipinski definition) is 3. The molecule has 0 saturated heterocycles. The minimum absolute atomic E-state index is 0.116. The first-order valence-corrected chi connectivity index (χ1v) is 8.96. The zero-order valence-corrected chi connectivity index (χ0v) is 15.7. The molecule has 1 heterocycles. The summed E-state index contributed by atoms with van der Waals surface area (Å²) in [6, 6.07) is 7.64. The molecule has 1 aromatic heterocycles. The highest BCUT2D eigenvalue weighted by atomic mass is 32.1. The number of alkyl halides is 3. The van der Waals surface area contributed by atoms with Crippen LogP contribution in [0.4, 0.5) is 13.2 Å². The molecule has 28 heavy (non-hydrogen) atoms. The number of carboxylic acids is 1. The van der Waals surface area contributed by atoms with E-state index in [0.717, 1.165) is 45.4 Å². The van der Waals surface area contributed by atoms with Crippen LogP contribution in [0.5, 0.6) is 0 Å². The van der Waals surface area contributed by atoms with Gasteiger partial charge in [-0.05, 0) is 55.3 Å². The molecule has 1 amide bonds. The smallest absolute Gasteiger partial charge is 0.416 e. The minimum atomic E-state index is -4.58. The van der Waals surface area contributed by atoms with Crippen molar-refractivity contribution in [2.24, 2.45) is 4.99 Å². The van der Waals surface area contributed by atoms with Gasteiger partial charge in [0, 0.05) is 5.56 Å². The average Bonchev–Trinajstić information content (AvgIpc) is 2.90. The Kier molecular flexibility index (Phi) is 5.12. The fourth-order valence-corrected chi connectivity index (χ4v) is 3.78. The number of aryl methyl sites for hydroxylation is 2. The molecule has 0 aliphatic heterocycles. The zero-order valence-electron chi connectivity index (χ0n) is 14.9. The van der Waals surface area contributed by atoms with Gasteiger partial charge in [0.15, 0.2) is 4.80 Å². The molecule has 9 heteroatoms. The SMILES string of the molecule is Cc1cc2s/c(=N\C(=O)c3cccc(C(F)(F)F)c3)n(CC(=O)O)c2cc1C. The number of benzene rings is 2. The van der Waals surface area contributed by atoms with Gasteiger partial charge in [-0.2, -0.15) is 18.2 Å². The van der Waals surface area contributed by atoms with E-state index < -0.39 is 30.2 Å². The van der Waals surface area contributed by atoms with E-state index in [1.54, 1.807) is 6.07 Å². The molecule has 0 fully saturated rings. The third-order valence-electron chi connectivity index (χ3n) is 4.23. The third kappa shape index (κ3) is 3.99. The van der Waals surface area contributed by atoms with Gasteiger partial charge in [-0.25, -0.2) is 0 Å². The molecule has 0 atom stereocenters. The highest BCUT2D eigenvalue weighted by Crippen LogP contribution is 2.29. The Labute approximate surface area is 161 Å². The van der Waals surface area contributed by atoms with Gasteiger partial charge in [-0.15, -0.1) is 0 Å². The molecule has 146 valence electrons. The summed E-state index contributed by atoms with van der Waals surface area (Å²) in [7, 11) is 0. The minimum Gasteiger partial charge on any atom is -0.480 e. The fraction of sp³-hybridized carbons (Fsp3) is 0.211. The van der Waals surface area contributed by atoms with Crippen molar-refractivity contribution < 1.29 is 27.9 Å². The Morgan fingerprint density at radius 3 is 2.46 bits per heavy atom. The number of aromatic nitrogens is 1. The van der Waals surface area contributed by atoms with Gasteiger partial charge in [-0.3, -0.25) is 9.59 Å². The van der Waals surface area contributed by atoms with Crippen LogP contribution in [0.1, 0.15) is 27.0 Å². The molecular weight excluding hydrogens is 393 g/mol. The molecule has 0 aliphatic rings. The van der Waals surface area contributed by atoms with Gasteiger partial charge in [-0.1, -0.05) is 17.4 Å². The standard InChI is InChI=1S/C19H15F3N2O3S/c1-10-6-14-15(7-11(10)2)28-18(24(14)9-16(25)26)23-17(27)12-4-3-5-13(8-12)19(20,21)22/h3-8H,9H2,1-2H3,(H,25,26)/b23-18-. The van der Waals surface area contributed by atoms with Gasteiger partial charge >= 0.3 is 12.1 Å². The van der Waals surface area contributed by atoms with Crippen molar-refractivity contribution >= 4 is 33.4 Å². The summed E-state index contributed by atoms with van der Waals surface area (Å²) >= 11 is 1.11. The number of fused-ring (bicyclic) bond motifs is 1. The van der Waals surface area contributed by atoms with E-state index in [1.165, 1.54) is 10.6 Å². The zero-order chi connectivity index (χ0) is 20.6. The highest BCUT2D eigenvalue weighted by molar-refractivity contribution is 7.16. The van der Waals surface area contributed by atoms with E-state index >= 15 is 0 Å². The van der Waals surface area contributed by atoms with E-state index in [0.29, 0.717) is 5.52 Å². The van der Waals surface area contributed by atoms with Crippen LogP contribution in [0.3, 0.4) is 0 Å². The molecule has 3 aromatic rings. The van der Waals surface area contributed by atoms with Crippen molar-refractivity contribution in [1.29, 1.82) is 0 Å². The molecule has 1 N–H and O–H groups in total. The number of halogens is 3. The lowest BCUT2D eigenvalue weighted by Gasteiger charge is -2.07. The molecule has 0 saturated carbocycles. The summed E-state index contributed by atoms with van der Waals surface area (Å²) in [6.07, 6.45) is -4.58. The average molecular weight is 408 g/mol. The largest absolute Gasteiger partial charge is 0.480 e. The maximum Gasteiger partial charge on any atom is 0.416 e. The molecule has 0 unspecified atom stereocenters. The number of aliphatic carboxylic acids is 1. The lowest BCUT2D eigenvalue weighted by Crippen LogP contribution is -2.21. The van der Waals surface area contributed by atoms with Crippen LogP contribution in [-0.2, 0) is 17.5 Å². The predicted octanol–water partition coefficient (Wildman–Crippen LogP) is 4.16. The van der Waals surface area contributed by atoms with Crippen LogP contribution in [0.15, 0.2) is 41.4 Å². The van der Waals surface area contributed by atoms with Crippen LogP contribution in [0.2, 0.25) is 0 Å². The van der Waals surface area contributed by atoms with Gasteiger partial charge in [0.25, 0.3) is 5.91 Å². The van der Waals surface area contributed by atoms with E-state index in [2.05, 4.69) is 4.99 Å². The number of nitrogens with zero attached hydrogens (tertiary/aromatic N) is 2. The molecular formula is C19H15F3N2O3S. The summed E-state index contributed by atoms with van der Waals surface area (Å²) < 4.78 is 40.7. The number of rotatable bonds is 3. The Morgan fingerprint density at radius 2 is 1.82 bits per heavy atom. The maximum atomic E-state index is 12.9. The molecule has 2 aromatic carbocycles. The normalized spacial score (nSPS) is 12.5. The summed E-state index contributed by atoms with van der Waals surface area (Å²) in [6.45, 7) is 3.36. The molecule has 0 bridgehead atoms. The van der Waals surface area contributed by atoms with E-state index in [9.17, 15) is 27.9 Å². The van der Waals surface area contributed by atoms with Gasteiger partial charge < -0.3 is 9.67 Å². The van der Waals surface area contributed by atoms with Crippen LogP contribution in [0, 0.1) is 13.8 Å². The van der Waals surface area contributed by atoms with Crippen LogP contribution < -0.4 is 4.80 Å². The van der Waals surface area contributed by atoms with Crippen molar-refractivity contribution in [1.82, 2.24) is 4.57 Å². The molecule has 5 nitrogen and oxygen atoms in total. The lowest BCUT2D eigenvalue weighted by atomic mass is 10.1. The second kappa shape index (κ2) is 7.23. The van der Waals surface area contributed by atoms with Crippen molar-refractivity contribution in [3.8, 4) is 0 Å². The monoisotopic (exact) mass is 408 g/mol. The van der Waals surface area contributed by atoms with Crippen LogP contribution in [-0.4, -0.2) is 21.6 Å². The number of thiazole rings is 1. The topological polar surface area (TPSA) is 71.7 Å². The van der Waals surface area contributed by atoms with Crippen molar-refractivity contribution in [2.45, 2.75) is 26.6 Å². The number of hydrogen-bond donors (Lipinski definition) is 1. The number of carboxylic acid groups (broad SMARTS) is 1. The van der Waals surface area contributed by atoms with Crippen LogP contribution >= 0.6 is 11.3 Å². The Balaban J connectivity index is 2.15. The second-order valence-electron chi connectivity index (χ2n) is 6.26. The van der Waals surface area contributed by atoms with Gasteiger partial charge in [0.05, 0.1) is 15.8 Å². The van der Waals surface area contributed by atoms with E-state index in [1.807, 2.05) is 19.9 Å². The predicted molar refractivity (Wildman–Crippen MR) is 98.3 cm³/mol. The summed E-state index contributed by atoms with van der Waals surface area (Å²) in [5.74, 6) is -1.99. The molecule has 0 aliphatic carbocycles. The summed E-state index contributed by atoms with van der Waals surface area (Å²) in [5, 5.41) is 9.20. The highest BCUT2D eigenvalue weighted by Gasteiger charge is 2.30. The maximum absolute atomic E-state index is 12.9. The summed E-state index contributed by atoms with van der Waals surface area (Å²) in [5.41, 5.74) is 1.37. The van der Waals surface area contributed by atoms with Crippen molar-refractivity contribution in [2.75, 3.05) is 0 Å². The lowest BCUT2D eigenvalue weighted by molar-refractivity contribution is -0.138. The van der Waals surface area contributed by atoms with Gasteiger partial charge in [0.2, 0.25) is 0 Å². The van der Waals surface area contributed by atoms with Crippen LogP contribution in [0.25, 0.3) is 10.2 Å². The number of amides is 1.